The highest BCUT2D eigenvalue weighted by atomic mass is 32.2. The molecule has 0 radical (unpaired) electrons. The molecule has 49 heavy (non-hydrogen) atoms. The predicted molar refractivity (Wildman–Crippen MR) is 184 cm³/mol. The molecule has 0 aliphatic carbocycles. The maximum absolute atomic E-state index is 14.0. The number of carbonyl (C=O) groups is 1. The van der Waals surface area contributed by atoms with Crippen LogP contribution in [0.25, 0.3) is 6.08 Å². The van der Waals surface area contributed by atoms with E-state index in [0.717, 1.165) is 17.4 Å². The lowest BCUT2D eigenvalue weighted by Crippen LogP contribution is -2.40. The van der Waals surface area contributed by atoms with E-state index in [1.165, 1.54) is 42.9 Å². The lowest BCUT2D eigenvalue weighted by Gasteiger charge is -2.25. The number of carbonyl (C=O) groups excluding carboxylic acids is 1. The molecule has 248 valence electrons. The van der Waals surface area contributed by atoms with Crippen molar-refractivity contribution in [1.29, 1.82) is 0 Å². The second-order valence-corrected chi connectivity index (χ2v) is 13.5. The van der Waals surface area contributed by atoms with Gasteiger partial charge in [-0.1, -0.05) is 59.9 Å². The van der Waals surface area contributed by atoms with Crippen LogP contribution < -0.4 is 29.1 Å². The number of amides is 1. The first-order valence-electron chi connectivity index (χ1n) is 14.8. The number of aryl methyl sites for hydroxylation is 1. The third kappa shape index (κ3) is 6.77. The fourth-order valence-electron chi connectivity index (χ4n) is 5.35. The molecule has 0 bridgehead atoms. The zero-order valence-corrected chi connectivity index (χ0v) is 27.9. The van der Waals surface area contributed by atoms with Crippen LogP contribution in [-0.4, -0.2) is 30.9 Å². The molecule has 1 aliphatic rings. The number of fused-ring (bicyclic) bond motifs is 1. The maximum Gasteiger partial charge on any atom is 0.339 e. The Hall–Kier alpha value is -5.86. The monoisotopic (exact) mass is 696 g/mol. The standard InChI is InChI=1S/C35H28N4O8S2/c1-21-12-17-28(20-29(21)39(42)43)49(44,45)47-26-15-13-23(14-16-26)18-30-34(41)38-32(24-8-7-11-27(19-24)46-3)31(22(2)36-35(38)48-30)33(40)37-25-9-5-4-6-10-25/h4-20,32H,1-3H3,(H,37,40)/b30-18-/t32-/m1/s1. The van der Waals surface area contributed by atoms with E-state index in [9.17, 15) is 28.1 Å². The molecule has 0 saturated carbocycles. The van der Waals surface area contributed by atoms with Crippen molar-refractivity contribution in [3.05, 3.63) is 155 Å². The molecule has 0 unspecified atom stereocenters. The van der Waals surface area contributed by atoms with Crippen molar-refractivity contribution in [2.75, 3.05) is 12.4 Å². The summed E-state index contributed by atoms with van der Waals surface area (Å²) in [6.07, 6.45) is 1.64. The number of ether oxygens (including phenoxy) is 1. The number of aromatic nitrogens is 1. The van der Waals surface area contributed by atoms with E-state index in [2.05, 4.69) is 10.3 Å². The molecule has 6 rings (SSSR count). The molecular formula is C35H28N4O8S2. The first-order chi connectivity index (χ1) is 23.4. The molecule has 2 heterocycles. The zero-order chi connectivity index (χ0) is 34.9. The molecular weight excluding hydrogens is 669 g/mol. The number of benzene rings is 4. The number of anilines is 1. The molecule has 1 aromatic heterocycles. The second kappa shape index (κ2) is 13.3. The number of allylic oxidation sites excluding steroid dienone is 1. The summed E-state index contributed by atoms with van der Waals surface area (Å²) in [7, 11) is -2.83. The summed E-state index contributed by atoms with van der Waals surface area (Å²) in [4.78, 5) is 43.1. The van der Waals surface area contributed by atoms with Gasteiger partial charge in [0.05, 0.1) is 33.9 Å². The SMILES string of the molecule is COc1cccc([C@@H]2C(C(=O)Nc3ccccc3)=C(C)N=c3s/c(=C\c4ccc(OS(=O)(=O)c5ccc(C)c([N+](=O)[O-])c5)cc4)c(=O)n32)c1. The predicted octanol–water partition coefficient (Wildman–Crippen LogP) is 4.87. The van der Waals surface area contributed by atoms with Gasteiger partial charge in [0, 0.05) is 17.3 Å². The Kier molecular flexibility index (Phi) is 8.99. The molecule has 1 amide bonds. The van der Waals surface area contributed by atoms with Crippen LogP contribution in [0.4, 0.5) is 11.4 Å². The van der Waals surface area contributed by atoms with E-state index in [1.807, 2.05) is 12.1 Å². The van der Waals surface area contributed by atoms with Gasteiger partial charge in [0.2, 0.25) is 0 Å². The summed E-state index contributed by atoms with van der Waals surface area (Å²) < 4.78 is 38.2. The Morgan fingerprint density at radius 3 is 2.41 bits per heavy atom. The number of rotatable bonds is 9. The van der Waals surface area contributed by atoms with E-state index in [-0.39, 0.29) is 21.9 Å². The zero-order valence-electron chi connectivity index (χ0n) is 26.3. The van der Waals surface area contributed by atoms with Crippen molar-refractivity contribution >= 4 is 44.8 Å². The normalized spacial score (nSPS) is 14.5. The average molecular weight is 697 g/mol. The number of hydrogen-bond acceptors (Lipinski definition) is 10. The molecule has 1 atom stereocenters. The molecule has 4 aromatic carbocycles. The highest BCUT2D eigenvalue weighted by Crippen LogP contribution is 2.32. The minimum absolute atomic E-state index is 0.0236. The lowest BCUT2D eigenvalue weighted by molar-refractivity contribution is -0.385. The Bertz CT molecular complexity index is 2440. The first-order valence-corrected chi connectivity index (χ1v) is 17.0. The van der Waals surface area contributed by atoms with Gasteiger partial charge in [0.15, 0.2) is 4.80 Å². The fourth-order valence-corrected chi connectivity index (χ4v) is 7.34. The van der Waals surface area contributed by atoms with Crippen molar-refractivity contribution in [2.45, 2.75) is 24.8 Å². The van der Waals surface area contributed by atoms with E-state index in [1.54, 1.807) is 67.6 Å². The maximum atomic E-state index is 14.0. The van der Waals surface area contributed by atoms with E-state index in [0.29, 0.717) is 48.7 Å². The first kappa shape index (κ1) is 33.1. The van der Waals surface area contributed by atoms with Gasteiger partial charge >= 0.3 is 10.1 Å². The minimum atomic E-state index is -4.37. The van der Waals surface area contributed by atoms with Gasteiger partial charge in [-0.05, 0) is 73.5 Å². The van der Waals surface area contributed by atoms with E-state index < -0.39 is 27.0 Å². The van der Waals surface area contributed by atoms with Crippen molar-refractivity contribution in [2.24, 2.45) is 4.99 Å². The van der Waals surface area contributed by atoms with Crippen LogP contribution in [0, 0.1) is 17.0 Å². The number of nitro groups is 1. The summed E-state index contributed by atoms with van der Waals surface area (Å²) in [6.45, 7) is 3.23. The summed E-state index contributed by atoms with van der Waals surface area (Å²) in [6, 6.07) is 24.8. The van der Waals surface area contributed by atoms with Crippen molar-refractivity contribution in [1.82, 2.24) is 4.57 Å². The molecule has 0 saturated heterocycles. The van der Waals surface area contributed by atoms with Crippen LogP contribution in [0.2, 0.25) is 0 Å². The van der Waals surface area contributed by atoms with Crippen LogP contribution in [-0.2, 0) is 14.9 Å². The summed E-state index contributed by atoms with van der Waals surface area (Å²) in [5, 5.41) is 14.2. The summed E-state index contributed by atoms with van der Waals surface area (Å²) >= 11 is 1.15. The van der Waals surface area contributed by atoms with Crippen molar-refractivity contribution in [3.63, 3.8) is 0 Å². The molecule has 1 N–H and O–H groups in total. The van der Waals surface area contributed by atoms with Crippen LogP contribution in [0.1, 0.15) is 29.7 Å². The van der Waals surface area contributed by atoms with Gasteiger partial charge in [-0.2, -0.15) is 8.42 Å². The highest BCUT2D eigenvalue weighted by Gasteiger charge is 2.33. The molecule has 12 nitrogen and oxygen atoms in total. The number of nitrogens with zero attached hydrogens (tertiary/aromatic N) is 3. The average Bonchev–Trinajstić information content (AvgIpc) is 3.38. The number of methoxy groups -OCH3 is 1. The van der Waals surface area contributed by atoms with Crippen molar-refractivity contribution < 1.29 is 27.1 Å². The molecule has 1 aliphatic heterocycles. The minimum Gasteiger partial charge on any atom is -0.497 e. The van der Waals surface area contributed by atoms with E-state index in [4.69, 9.17) is 8.92 Å². The third-order valence-corrected chi connectivity index (χ3v) is 9.98. The van der Waals surface area contributed by atoms with Crippen LogP contribution in [0.3, 0.4) is 0 Å². The van der Waals surface area contributed by atoms with Gasteiger partial charge in [-0.15, -0.1) is 0 Å². The second-order valence-electron chi connectivity index (χ2n) is 11.0. The number of nitro benzene ring substituents is 1. The topological polar surface area (TPSA) is 159 Å². The number of thiazole rings is 1. The van der Waals surface area contributed by atoms with Crippen LogP contribution >= 0.6 is 11.3 Å². The third-order valence-electron chi connectivity index (χ3n) is 7.76. The summed E-state index contributed by atoms with van der Waals surface area (Å²) in [5.41, 5.74) is 2.17. The number of hydrogen-bond donors (Lipinski definition) is 1. The summed E-state index contributed by atoms with van der Waals surface area (Å²) in [5.74, 6) is 0.131. The van der Waals surface area contributed by atoms with Crippen LogP contribution in [0.15, 0.2) is 123 Å². The van der Waals surface area contributed by atoms with Gasteiger partial charge in [0.1, 0.15) is 16.4 Å². The van der Waals surface area contributed by atoms with Crippen molar-refractivity contribution in [3.8, 4) is 11.5 Å². The molecule has 14 heteroatoms. The Morgan fingerprint density at radius 1 is 0.980 bits per heavy atom. The molecule has 0 fully saturated rings. The van der Waals surface area contributed by atoms with E-state index >= 15 is 0 Å². The molecule has 0 spiro atoms. The quantitative estimate of drug-likeness (QED) is 0.130. The Balaban J connectivity index is 1.35. The Morgan fingerprint density at radius 2 is 1.71 bits per heavy atom. The van der Waals surface area contributed by atoms with Gasteiger partial charge in [0.25, 0.3) is 17.2 Å². The largest absolute Gasteiger partial charge is 0.497 e. The highest BCUT2D eigenvalue weighted by molar-refractivity contribution is 7.87. The molecule has 5 aromatic rings. The lowest BCUT2D eigenvalue weighted by atomic mass is 9.95. The van der Waals surface area contributed by atoms with Gasteiger partial charge in [-0.25, -0.2) is 4.99 Å². The number of nitrogens with one attached hydrogen (secondary N) is 1. The van der Waals surface area contributed by atoms with Gasteiger partial charge in [-0.3, -0.25) is 24.3 Å². The van der Waals surface area contributed by atoms with Crippen LogP contribution in [0.5, 0.6) is 11.5 Å². The number of para-hydroxylation sites is 1. The Labute approximate surface area is 284 Å². The smallest absolute Gasteiger partial charge is 0.339 e. The van der Waals surface area contributed by atoms with Gasteiger partial charge < -0.3 is 14.2 Å². The fraction of sp³-hybridized carbons (Fsp3) is 0.114.